The van der Waals surface area contributed by atoms with Crippen LogP contribution >= 0.6 is 180 Å². The minimum Gasteiger partial charge on any atom is -0.497 e. The molecule has 136 heavy (non-hydrogen) atoms. The summed E-state index contributed by atoms with van der Waals surface area (Å²) in [5.74, 6) is 4.07. The molecule has 4 saturated carbocycles. The lowest BCUT2D eigenvalue weighted by molar-refractivity contribution is 0.330. The summed E-state index contributed by atoms with van der Waals surface area (Å²) in [6, 6.07) is 56.0. The van der Waals surface area contributed by atoms with E-state index in [2.05, 4.69) is 128 Å². The Kier molecular flexibility index (Phi) is 37.0. The van der Waals surface area contributed by atoms with Crippen molar-refractivity contribution in [2.75, 3.05) is 32.0 Å². The predicted molar refractivity (Wildman–Crippen MR) is 574 cm³/mol. The molecule has 4 aliphatic rings. The van der Waals surface area contributed by atoms with E-state index < -0.39 is 0 Å². The summed E-state index contributed by atoms with van der Waals surface area (Å²) >= 11 is 79.0. The van der Waals surface area contributed by atoms with Crippen molar-refractivity contribution in [1.29, 1.82) is 0 Å². The first-order valence-electron chi connectivity index (χ1n) is 45.2. The second-order valence-electron chi connectivity index (χ2n) is 33.6. The van der Waals surface area contributed by atoms with E-state index in [1.807, 2.05) is 152 Å². The molecule has 4 fully saturated rings. The zero-order chi connectivity index (χ0) is 95.5. The highest BCUT2D eigenvalue weighted by molar-refractivity contribution is 9.11. The molecule has 15 aromatic rings. The van der Waals surface area contributed by atoms with Crippen molar-refractivity contribution in [3.63, 3.8) is 0 Å². The largest absolute Gasteiger partial charge is 0.497 e. The lowest BCUT2D eigenvalue weighted by Gasteiger charge is -2.25. The van der Waals surface area contributed by atoms with Crippen LogP contribution in [0.4, 0.5) is 11.6 Å². The minimum absolute atomic E-state index is 0.328. The fraction of sp³-hybridized carbons (Fsp3) is 0.288. The molecular formula is C104H99Br4Cl10N15O3. The lowest BCUT2D eigenvalue weighted by Crippen LogP contribution is -2.16. The molecule has 7 aromatic carbocycles. The fourth-order valence-electron chi connectivity index (χ4n) is 17.7. The van der Waals surface area contributed by atoms with Gasteiger partial charge in [-0.3, -0.25) is 18.7 Å². The van der Waals surface area contributed by atoms with Gasteiger partial charge < -0.3 is 30.6 Å². The summed E-state index contributed by atoms with van der Waals surface area (Å²) in [4.78, 5) is 18.0. The third-order valence-electron chi connectivity index (χ3n) is 24.7. The Bertz CT molecular complexity index is 6440. The van der Waals surface area contributed by atoms with E-state index in [1.54, 1.807) is 64.2 Å². The molecule has 0 spiro atoms. The van der Waals surface area contributed by atoms with Gasteiger partial charge in [0, 0.05) is 141 Å². The van der Waals surface area contributed by atoms with Crippen LogP contribution in [-0.2, 0) is 19.6 Å². The first kappa shape index (κ1) is 102. The number of hydrogen-bond acceptors (Lipinski definition) is 14. The molecule has 18 nitrogen and oxygen atoms in total. The van der Waals surface area contributed by atoms with Gasteiger partial charge in [-0.05, 0) is 217 Å². The number of ether oxygens (including phenoxy) is 3. The van der Waals surface area contributed by atoms with Crippen LogP contribution in [0.25, 0.3) is 89.5 Å². The van der Waals surface area contributed by atoms with E-state index in [9.17, 15) is 0 Å². The predicted octanol–water partition coefficient (Wildman–Crippen LogP) is 34.4. The molecule has 706 valence electrons. The van der Waals surface area contributed by atoms with E-state index in [0.717, 1.165) is 204 Å². The average Bonchev–Trinajstić information content (AvgIpc) is 1.61. The Morgan fingerprint density at radius 1 is 0.324 bits per heavy atom. The number of nitrogens with one attached hydrogen (secondary N) is 2. The quantitative estimate of drug-likeness (QED) is 0.0541. The molecule has 0 bridgehead atoms. The van der Waals surface area contributed by atoms with Crippen molar-refractivity contribution < 1.29 is 14.2 Å². The SMILES string of the molecule is COc1ccc(CN)cc1.COc1ccc(CNc2ncc(Br)cc2-c2c(-c3cccc(Cl)c3Cl)cnn2C2CCCCC2)cc1.COc1ccc(CNc2ncc(Br)cc2-c2nn(C3CCCCC3)cc2-c2cccc(Cl)c2Cl)cc1.Clc1cccc(-c2cn(C3CCCCC3)nc2-c2cc(Br)cnc2Cl)c1Cl.Clc1cccc(-c2cnn(C3CCCCC3)c2-c2cc(Br)cnc2Cl)c1Cl. The normalized spacial score (nSPS) is 14.2. The molecule has 0 atom stereocenters. The third-order valence-corrected chi connectivity index (χ3v) is 30.3. The van der Waals surface area contributed by atoms with Crippen molar-refractivity contribution in [3.05, 3.63) is 305 Å². The molecule has 4 aliphatic carbocycles. The Morgan fingerprint density at radius 2 is 0.625 bits per heavy atom. The van der Waals surface area contributed by atoms with Crippen LogP contribution in [0.5, 0.6) is 17.2 Å². The van der Waals surface area contributed by atoms with E-state index in [4.69, 9.17) is 166 Å². The Morgan fingerprint density at radius 3 is 0.993 bits per heavy atom. The fourth-order valence-corrected chi connectivity index (χ4v) is 21.0. The number of rotatable bonds is 22. The van der Waals surface area contributed by atoms with Gasteiger partial charge >= 0.3 is 0 Å². The topological polar surface area (TPSA) is 201 Å². The third kappa shape index (κ3) is 25.4. The average molecular weight is 2280 g/mol. The molecular weight excluding hydrogens is 2180 g/mol. The molecule has 0 unspecified atom stereocenters. The first-order valence-corrected chi connectivity index (χ1v) is 52.1. The maximum atomic E-state index is 6.70. The van der Waals surface area contributed by atoms with Crippen LogP contribution in [-0.4, -0.2) is 80.4 Å². The number of halogens is 14. The summed E-state index contributed by atoms with van der Waals surface area (Å²) in [6.45, 7) is 1.82. The Labute approximate surface area is 877 Å². The van der Waals surface area contributed by atoms with E-state index in [-0.39, 0.29) is 0 Å². The number of benzene rings is 7. The van der Waals surface area contributed by atoms with Crippen LogP contribution < -0.4 is 30.6 Å². The van der Waals surface area contributed by atoms with Crippen molar-refractivity contribution in [2.45, 2.75) is 172 Å². The van der Waals surface area contributed by atoms with Crippen LogP contribution in [0.2, 0.25) is 50.5 Å². The second kappa shape index (κ2) is 49.2. The minimum atomic E-state index is 0.328. The molecule has 0 saturated heterocycles. The van der Waals surface area contributed by atoms with Gasteiger partial charge in [0.1, 0.15) is 50.6 Å². The maximum Gasteiger partial charge on any atom is 0.138 e. The van der Waals surface area contributed by atoms with E-state index >= 15 is 0 Å². The zero-order valence-electron chi connectivity index (χ0n) is 74.8. The number of anilines is 2. The molecule has 4 N–H and O–H groups in total. The Balaban J connectivity index is 0.000000134. The summed E-state index contributed by atoms with van der Waals surface area (Å²) in [5.41, 5.74) is 22.9. The second-order valence-corrected chi connectivity index (χ2v) is 41.1. The molecule has 8 heterocycles. The first-order chi connectivity index (χ1) is 66.0. The van der Waals surface area contributed by atoms with Crippen LogP contribution in [0, 0.1) is 0 Å². The highest BCUT2D eigenvalue weighted by Gasteiger charge is 2.32. The molecule has 32 heteroatoms. The summed E-state index contributed by atoms with van der Waals surface area (Å²) in [7, 11) is 4.99. The summed E-state index contributed by atoms with van der Waals surface area (Å²) in [5, 5.41) is 31.8. The summed E-state index contributed by atoms with van der Waals surface area (Å²) in [6.07, 6.45) is 38.7. The number of pyridine rings is 4. The van der Waals surface area contributed by atoms with Gasteiger partial charge in [-0.1, -0.05) is 278 Å². The zero-order valence-corrected chi connectivity index (χ0v) is 88.7. The van der Waals surface area contributed by atoms with Gasteiger partial charge in [-0.25, -0.2) is 19.9 Å². The van der Waals surface area contributed by atoms with Gasteiger partial charge in [0.25, 0.3) is 0 Å². The van der Waals surface area contributed by atoms with Crippen molar-refractivity contribution >= 4 is 191 Å². The van der Waals surface area contributed by atoms with Gasteiger partial charge in [0.2, 0.25) is 0 Å². The van der Waals surface area contributed by atoms with Crippen LogP contribution in [0.3, 0.4) is 0 Å². The smallest absolute Gasteiger partial charge is 0.138 e. The van der Waals surface area contributed by atoms with Gasteiger partial charge in [0.05, 0.1) is 109 Å². The van der Waals surface area contributed by atoms with Crippen LogP contribution in [0.1, 0.15) is 169 Å². The molecule has 0 aliphatic heterocycles. The highest BCUT2D eigenvalue weighted by atomic mass is 79.9. The van der Waals surface area contributed by atoms with E-state index in [1.165, 1.54) is 77.0 Å². The van der Waals surface area contributed by atoms with Crippen LogP contribution in [0.15, 0.2) is 237 Å². The monoisotopic (exact) mass is 2270 g/mol. The molecule has 0 amide bonds. The number of methoxy groups -OCH3 is 3. The van der Waals surface area contributed by atoms with Gasteiger partial charge in [-0.15, -0.1) is 0 Å². The molecule has 8 aromatic heterocycles. The van der Waals surface area contributed by atoms with Gasteiger partial charge in [-0.2, -0.15) is 20.4 Å². The number of hydrogen-bond donors (Lipinski definition) is 3. The standard InChI is InChI=1S/2C28H27BrCl2N4O.2C20H17BrCl3N3.C8H11NO/c1-36-21-12-10-18(11-13-21)15-32-28-23(14-19(29)16-33-28)27-24(22-8-5-9-25(30)26(22)31)17-35(34-27)20-6-3-2-4-7-20;1-36-21-12-10-18(11-13-21)15-32-28-23(14-19(29)16-33-28)27-24(22-8-5-9-25(30)26(22)31)17-34-35(27)20-6-3-2-4-7-20;21-12-9-15(20(24)25-10-12)19-16(14-7-4-8-17(22)18(14)23)11-27(26-19)13-5-2-1-3-6-13;21-12-9-15(20(24)25-10-12)19-16(14-7-4-8-17(22)18(14)23)11-26-27(19)13-5-2-1-3-6-13;1-10-8-4-2-7(6-9)3-5-8/h2*5,8-14,16-17,20H,2-4,6-7,15H2,1H3,(H,32,33);2*4,7-11,13H,1-3,5-6H2;2-5H,6,9H2,1H3. The highest BCUT2D eigenvalue weighted by Crippen LogP contribution is 2.50. The number of nitrogens with two attached hydrogens (primary N) is 1. The number of nitrogens with zero attached hydrogens (tertiary/aromatic N) is 12. The molecule has 0 radical (unpaired) electrons. The summed E-state index contributed by atoms with van der Waals surface area (Å²) < 4.78 is 27.5. The Hall–Kier alpha value is -8.24. The van der Waals surface area contributed by atoms with Crippen molar-refractivity contribution in [3.8, 4) is 107 Å². The number of aromatic nitrogens is 12. The lowest BCUT2D eigenvalue weighted by atomic mass is 9.94. The molecule has 19 rings (SSSR count). The van der Waals surface area contributed by atoms with E-state index in [0.29, 0.717) is 94.3 Å². The maximum absolute atomic E-state index is 6.70. The van der Waals surface area contributed by atoms with Crippen molar-refractivity contribution in [1.82, 2.24) is 59.1 Å². The van der Waals surface area contributed by atoms with Crippen molar-refractivity contribution in [2.24, 2.45) is 5.73 Å². The van der Waals surface area contributed by atoms with Gasteiger partial charge in [0.15, 0.2) is 0 Å².